The molecule has 0 bridgehead atoms. The molecule has 206 valence electrons. The summed E-state index contributed by atoms with van der Waals surface area (Å²) in [4.78, 5) is 18.9. The Kier molecular flexibility index (Phi) is 8.12. The number of carbonyl (C=O) groups is 1. The number of fused-ring (bicyclic) bond motifs is 1. The highest BCUT2D eigenvalue weighted by molar-refractivity contribution is 7.15. The first kappa shape index (κ1) is 27.3. The number of nitrogens with zero attached hydrogens (tertiary/aromatic N) is 1. The minimum atomic E-state index is 0.156. The van der Waals surface area contributed by atoms with E-state index in [1.807, 2.05) is 47.7 Å². The highest BCUT2D eigenvalue weighted by atomic mass is 35.5. The molecule has 0 spiro atoms. The highest BCUT2D eigenvalue weighted by Gasteiger charge is 2.21. The van der Waals surface area contributed by atoms with Crippen molar-refractivity contribution in [3.05, 3.63) is 80.6 Å². The number of rotatable bonds is 8. The van der Waals surface area contributed by atoms with Crippen molar-refractivity contribution in [2.24, 2.45) is 0 Å². The van der Waals surface area contributed by atoms with Crippen molar-refractivity contribution < 1.29 is 9.53 Å². The molecule has 5 nitrogen and oxygen atoms in total. The van der Waals surface area contributed by atoms with Gasteiger partial charge in [-0.1, -0.05) is 65.7 Å². The maximum atomic E-state index is 11.5. The van der Waals surface area contributed by atoms with Crippen LogP contribution in [0.1, 0.15) is 41.7 Å². The monoisotopic (exact) mass is 591 g/mol. The number of aromatic nitrogens is 1. The SMILES string of the molecule is COc1nc(-c2cccc(-c3cccc(-c4cc5c(s4)CCNC5)c3Cl)c2Cl)ccc1CCC[C@@H]1CCC(=O)N1. The van der Waals surface area contributed by atoms with Crippen molar-refractivity contribution in [3.63, 3.8) is 0 Å². The molecule has 2 aromatic carbocycles. The third-order valence-electron chi connectivity index (χ3n) is 7.79. The Morgan fingerprint density at radius 1 is 1.00 bits per heavy atom. The summed E-state index contributed by atoms with van der Waals surface area (Å²) in [6, 6.07) is 18.7. The first-order valence-electron chi connectivity index (χ1n) is 13.8. The number of nitrogens with one attached hydrogen (secondary N) is 2. The van der Waals surface area contributed by atoms with E-state index in [1.54, 1.807) is 7.11 Å². The van der Waals surface area contributed by atoms with Crippen LogP contribution >= 0.6 is 34.5 Å². The summed E-state index contributed by atoms with van der Waals surface area (Å²) < 4.78 is 5.67. The van der Waals surface area contributed by atoms with E-state index in [1.165, 1.54) is 15.3 Å². The van der Waals surface area contributed by atoms with Crippen molar-refractivity contribution in [2.75, 3.05) is 13.7 Å². The molecule has 2 aliphatic heterocycles. The van der Waals surface area contributed by atoms with Crippen LogP contribution in [-0.2, 0) is 24.2 Å². The molecule has 1 fully saturated rings. The average molecular weight is 593 g/mol. The van der Waals surface area contributed by atoms with Gasteiger partial charge >= 0.3 is 0 Å². The van der Waals surface area contributed by atoms with Gasteiger partial charge in [0.1, 0.15) is 0 Å². The number of thiophene rings is 1. The van der Waals surface area contributed by atoms with E-state index in [4.69, 9.17) is 32.9 Å². The molecule has 4 aromatic rings. The van der Waals surface area contributed by atoms with Crippen LogP contribution < -0.4 is 15.4 Å². The summed E-state index contributed by atoms with van der Waals surface area (Å²) in [6.07, 6.45) is 5.35. The number of carbonyl (C=O) groups excluding carboxylic acids is 1. The molecule has 2 N–H and O–H groups in total. The molecule has 2 aliphatic rings. The number of benzene rings is 2. The molecule has 4 heterocycles. The Hall–Kier alpha value is -2.90. The van der Waals surface area contributed by atoms with E-state index in [9.17, 15) is 4.79 Å². The predicted molar refractivity (Wildman–Crippen MR) is 165 cm³/mol. The smallest absolute Gasteiger partial charge is 0.220 e. The molecule has 2 aromatic heterocycles. The van der Waals surface area contributed by atoms with E-state index in [2.05, 4.69) is 28.8 Å². The zero-order valence-electron chi connectivity index (χ0n) is 22.4. The largest absolute Gasteiger partial charge is 0.481 e. The van der Waals surface area contributed by atoms with Gasteiger partial charge in [-0.2, -0.15) is 0 Å². The maximum absolute atomic E-state index is 11.5. The molecule has 1 saturated heterocycles. The summed E-state index contributed by atoms with van der Waals surface area (Å²) >= 11 is 15.9. The molecular weight excluding hydrogens is 561 g/mol. The molecule has 6 rings (SSSR count). The van der Waals surface area contributed by atoms with Gasteiger partial charge in [-0.05, 0) is 49.8 Å². The van der Waals surface area contributed by atoms with Gasteiger partial charge in [0.05, 0.1) is 22.8 Å². The van der Waals surface area contributed by atoms with Crippen molar-refractivity contribution in [2.45, 2.75) is 51.1 Å². The lowest BCUT2D eigenvalue weighted by molar-refractivity contribution is -0.119. The first-order chi connectivity index (χ1) is 19.5. The lowest BCUT2D eigenvalue weighted by Crippen LogP contribution is -2.25. The number of aryl methyl sites for hydroxylation is 1. The second-order valence-corrected chi connectivity index (χ2v) is 12.3. The summed E-state index contributed by atoms with van der Waals surface area (Å²) in [6.45, 7) is 1.92. The zero-order chi connectivity index (χ0) is 27.6. The van der Waals surface area contributed by atoms with Gasteiger partial charge in [-0.25, -0.2) is 4.98 Å². The number of methoxy groups -OCH3 is 1. The van der Waals surface area contributed by atoms with Crippen molar-refractivity contribution in [1.29, 1.82) is 0 Å². The molecular formula is C32H31Cl2N3O2S. The maximum Gasteiger partial charge on any atom is 0.220 e. The zero-order valence-corrected chi connectivity index (χ0v) is 24.7. The fourth-order valence-corrected chi connectivity index (χ4v) is 7.60. The molecule has 0 radical (unpaired) electrons. The van der Waals surface area contributed by atoms with Crippen LogP contribution in [0, 0.1) is 0 Å². The normalized spacial score (nSPS) is 16.6. The lowest BCUT2D eigenvalue weighted by Gasteiger charge is -2.15. The van der Waals surface area contributed by atoms with Crippen LogP contribution in [0.5, 0.6) is 5.88 Å². The predicted octanol–water partition coefficient (Wildman–Crippen LogP) is 7.71. The van der Waals surface area contributed by atoms with Gasteiger partial charge in [-0.15, -0.1) is 11.3 Å². The number of ether oxygens (including phenoxy) is 1. The third-order valence-corrected chi connectivity index (χ3v) is 9.87. The van der Waals surface area contributed by atoms with E-state index < -0.39 is 0 Å². The summed E-state index contributed by atoms with van der Waals surface area (Å²) in [5, 5.41) is 7.80. The van der Waals surface area contributed by atoms with Gasteiger partial charge in [0.15, 0.2) is 0 Å². The van der Waals surface area contributed by atoms with Gasteiger partial charge in [0.25, 0.3) is 0 Å². The Morgan fingerprint density at radius 2 is 1.75 bits per heavy atom. The van der Waals surface area contributed by atoms with Gasteiger partial charge < -0.3 is 15.4 Å². The van der Waals surface area contributed by atoms with Crippen LogP contribution in [0.3, 0.4) is 0 Å². The van der Waals surface area contributed by atoms with Gasteiger partial charge in [0.2, 0.25) is 11.8 Å². The fraction of sp³-hybridized carbons (Fsp3) is 0.312. The summed E-state index contributed by atoms with van der Waals surface area (Å²) in [7, 11) is 1.65. The summed E-state index contributed by atoms with van der Waals surface area (Å²) in [5.41, 5.74) is 6.80. The molecule has 40 heavy (non-hydrogen) atoms. The summed E-state index contributed by atoms with van der Waals surface area (Å²) in [5.74, 6) is 0.758. The van der Waals surface area contributed by atoms with Gasteiger partial charge in [0, 0.05) is 63.1 Å². The topological polar surface area (TPSA) is 63.2 Å². The number of hydrogen-bond acceptors (Lipinski definition) is 5. The van der Waals surface area contributed by atoms with E-state index in [0.29, 0.717) is 22.3 Å². The fourth-order valence-electron chi connectivity index (χ4n) is 5.67. The second-order valence-electron chi connectivity index (χ2n) is 10.4. The average Bonchev–Trinajstić information content (AvgIpc) is 3.59. The highest BCUT2D eigenvalue weighted by Crippen LogP contribution is 2.44. The van der Waals surface area contributed by atoms with Gasteiger partial charge in [-0.3, -0.25) is 4.79 Å². The van der Waals surface area contributed by atoms with Crippen LogP contribution in [-0.4, -0.2) is 30.6 Å². The van der Waals surface area contributed by atoms with Crippen molar-refractivity contribution >= 4 is 40.4 Å². The van der Waals surface area contributed by atoms with E-state index in [-0.39, 0.29) is 11.9 Å². The number of halogens is 2. The van der Waals surface area contributed by atoms with Crippen molar-refractivity contribution in [3.8, 4) is 38.7 Å². The standard InChI is InChI=1S/C32H31Cl2N3O2S/c1-39-32-19(5-2-6-21-12-14-29(38)36-21)11-13-26(37-32)24-9-3-7-22(30(24)33)23-8-4-10-25(31(23)34)28-17-20-18-35-16-15-27(20)40-28/h3-4,7-11,13,17,21,35H,2,5-6,12,14-16,18H2,1H3,(H,36,38)/t21-/m1/s1. The molecule has 0 saturated carbocycles. The third kappa shape index (κ3) is 5.51. The van der Waals surface area contributed by atoms with Crippen LogP contribution in [0.25, 0.3) is 32.8 Å². The molecule has 8 heteroatoms. The van der Waals surface area contributed by atoms with Crippen molar-refractivity contribution in [1.82, 2.24) is 15.6 Å². The Balaban J connectivity index is 1.27. The first-order valence-corrected chi connectivity index (χ1v) is 15.3. The molecule has 0 unspecified atom stereocenters. The molecule has 1 atom stereocenters. The number of amides is 1. The van der Waals surface area contributed by atoms with Crippen LogP contribution in [0.2, 0.25) is 10.0 Å². The van der Waals surface area contributed by atoms with Crippen LogP contribution in [0.4, 0.5) is 0 Å². The number of hydrogen-bond donors (Lipinski definition) is 2. The van der Waals surface area contributed by atoms with E-state index in [0.717, 1.165) is 78.7 Å². The molecule has 1 amide bonds. The second kappa shape index (κ2) is 11.9. The Labute approximate surface area is 248 Å². The lowest BCUT2D eigenvalue weighted by atomic mass is 9.98. The van der Waals surface area contributed by atoms with E-state index >= 15 is 0 Å². The number of pyridine rings is 1. The Bertz CT molecular complexity index is 1540. The minimum Gasteiger partial charge on any atom is -0.481 e. The van der Waals surface area contributed by atoms with Crippen LogP contribution in [0.15, 0.2) is 54.6 Å². The molecule has 0 aliphatic carbocycles. The Morgan fingerprint density at radius 3 is 2.48 bits per heavy atom. The minimum absolute atomic E-state index is 0.156. The quantitative estimate of drug-likeness (QED) is 0.220.